The quantitative estimate of drug-likeness (QED) is 0.345. The van der Waals surface area contributed by atoms with Crippen molar-refractivity contribution in [1.29, 1.82) is 0 Å². The maximum atomic E-state index is 13.6. The van der Waals surface area contributed by atoms with Gasteiger partial charge in [-0.2, -0.15) is 0 Å². The van der Waals surface area contributed by atoms with E-state index in [0.29, 0.717) is 42.6 Å². The second kappa shape index (κ2) is 10.0. The van der Waals surface area contributed by atoms with Crippen LogP contribution in [0.25, 0.3) is 22.0 Å². The number of aliphatic hydroxyl groups is 2. The average Bonchev–Trinajstić information content (AvgIpc) is 3.34. The summed E-state index contributed by atoms with van der Waals surface area (Å²) in [7, 11) is 0. The first-order chi connectivity index (χ1) is 17.5. The van der Waals surface area contributed by atoms with E-state index in [1.165, 1.54) is 0 Å². The number of likely N-dealkylation sites (N-methyl/N-ethyl adjacent to an activating group) is 1. The molecule has 1 unspecified atom stereocenters. The number of hydrogen-bond acceptors (Lipinski definition) is 7. The summed E-state index contributed by atoms with van der Waals surface area (Å²) < 4.78 is 0. The molecule has 0 fully saturated rings. The first-order valence-corrected chi connectivity index (χ1v) is 12.1. The number of aromatic nitrogens is 2. The molecule has 0 saturated heterocycles. The fourth-order valence-corrected chi connectivity index (χ4v) is 4.87. The number of nitrogen functional groups attached to an aromatic ring is 1. The highest BCUT2D eigenvalue weighted by atomic mass is 16.3. The van der Waals surface area contributed by atoms with Gasteiger partial charge in [-0.3, -0.25) is 9.69 Å². The van der Waals surface area contributed by atoms with Gasteiger partial charge in [0.05, 0.1) is 12.1 Å². The summed E-state index contributed by atoms with van der Waals surface area (Å²) in [6, 6.07) is 21.2. The topological polar surface area (TPSA) is 116 Å². The zero-order valence-electron chi connectivity index (χ0n) is 20.1. The highest BCUT2D eigenvalue weighted by molar-refractivity contribution is 6.06. The Balaban J connectivity index is 1.56. The fraction of sp³-hybridized carbons (Fsp3) is 0.250. The highest BCUT2D eigenvalue weighted by Gasteiger charge is 2.27. The zero-order valence-corrected chi connectivity index (χ0v) is 20.1. The molecule has 4 aromatic rings. The van der Waals surface area contributed by atoms with Crippen molar-refractivity contribution < 1.29 is 15.0 Å². The van der Waals surface area contributed by atoms with Gasteiger partial charge in [-0.05, 0) is 40.9 Å². The third-order valence-corrected chi connectivity index (χ3v) is 6.73. The van der Waals surface area contributed by atoms with Crippen molar-refractivity contribution in [2.75, 3.05) is 25.4 Å². The number of nitrogens with zero attached hydrogens (tertiary/aromatic N) is 4. The predicted molar refractivity (Wildman–Crippen MR) is 139 cm³/mol. The molecule has 1 aromatic heterocycles. The van der Waals surface area contributed by atoms with Crippen LogP contribution in [-0.4, -0.2) is 55.6 Å². The van der Waals surface area contributed by atoms with Gasteiger partial charge in [0.25, 0.3) is 5.91 Å². The van der Waals surface area contributed by atoms with E-state index in [2.05, 4.69) is 9.97 Å². The number of carbonyl (C=O) groups is 1. The van der Waals surface area contributed by atoms with Gasteiger partial charge >= 0.3 is 0 Å². The SMILES string of the molecule is CCN(CCO)C(O)c1ccccc1-c1ccc2nc(N)nc(C(=O)N3Cc4ccccc4C3)c2c1. The summed E-state index contributed by atoms with van der Waals surface area (Å²) in [4.78, 5) is 25.9. The Hall–Kier alpha value is -3.85. The number of benzene rings is 3. The lowest BCUT2D eigenvalue weighted by molar-refractivity contribution is -0.00357. The number of anilines is 1. The third-order valence-electron chi connectivity index (χ3n) is 6.73. The van der Waals surface area contributed by atoms with Gasteiger partial charge in [0, 0.05) is 30.6 Å². The molecule has 1 aliphatic heterocycles. The molecule has 1 atom stereocenters. The van der Waals surface area contributed by atoms with E-state index in [0.717, 1.165) is 22.3 Å². The summed E-state index contributed by atoms with van der Waals surface area (Å²) >= 11 is 0. The molecule has 0 saturated carbocycles. The van der Waals surface area contributed by atoms with Crippen LogP contribution in [0.2, 0.25) is 0 Å². The lowest BCUT2D eigenvalue weighted by Gasteiger charge is -2.27. The molecule has 0 bridgehead atoms. The van der Waals surface area contributed by atoms with Gasteiger partial charge in [-0.25, -0.2) is 9.97 Å². The molecule has 8 heteroatoms. The first kappa shape index (κ1) is 23.9. The number of amides is 1. The first-order valence-electron chi connectivity index (χ1n) is 12.1. The molecule has 1 amide bonds. The Morgan fingerprint density at radius 3 is 2.44 bits per heavy atom. The normalized spacial score (nSPS) is 13.8. The largest absolute Gasteiger partial charge is 0.395 e. The van der Waals surface area contributed by atoms with Crippen LogP contribution in [0.5, 0.6) is 0 Å². The summed E-state index contributed by atoms with van der Waals surface area (Å²) in [5.74, 6) is -0.149. The van der Waals surface area contributed by atoms with E-state index in [9.17, 15) is 15.0 Å². The van der Waals surface area contributed by atoms with Gasteiger partial charge in [0.2, 0.25) is 5.95 Å². The van der Waals surface area contributed by atoms with Crippen LogP contribution in [-0.2, 0) is 13.1 Å². The number of nitrogens with two attached hydrogens (primary N) is 1. The van der Waals surface area contributed by atoms with Gasteiger partial charge < -0.3 is 20.8 Å². The minimum atomic E-state index is -0.888. The standard InChI is InChI=1S/C28H29N5O3/c1-2-32(13-14-34)26(35)22-10-6-5-9-21(22)18-11-12-24-23(15-18)25(31-28(29)30-24)27(36)33-16-19-7-3-4-8-20(19)17-33/h3-12,15,26,34-35H,2,13-14,16-17H2,1H3,(H2,29,30,31). The van der Waals surface area contributed by atoms with E-state index in [1.54, 1.807) is 9.80 Å². The molecule has 0 spiro atoms. The van der Waals surface area contributed by atoms with Crippen LogP contribution in [0, 0.1) is 0 Å². The van der Waals surface area contributed by atoms with Crippen molar-refractivity contribution in [2.45, 2.75) is 26.2 Å². The third kappa shape index (κ3) is 4.42. The summed E-state index contributed by atoms with van der Waals surface area (Å²) in [6.45, 7) is 3.87. The van der Waals surface area contributed by atoms with Crippen molar-refractivity contribution in [3.8, 4) is 11.1 Å². The molecule has 184 valence electrons. The molecular formula is C28H29N5O3. The molecule has 1 aliphatic rings. The molecule has 2 heterocycles. The van der Waals surface area contributed by atoms with Gasteiger partial charge in [-0.15, -0.1) is 0 Å². The van der Waals surface area contributed by atoms with Gasteiger partial charge in [-0.1, -0.05) is 61.5 Å². The maximum Gasteiger partial charge on any atom is 0.273 e. The maximum absolute atomic E-state index is 13.6. The minimum Gasteiger partial charge on any atom is -0.395 e. The Labute approximate surface area is 209 Å². The summed E-state index contributed by atoms with van der Waals surface area (Å²) in [5, 5.41) is 21.1. The van der Waals surface area contributed by atoms with Crippen molar-refractivity contribution in [3.63, 3.8) is 0 Å². The molecule has 8 nitrogen and oxygen atoms in total. The van der Waals surface area contributed by atoms with Crippen LogP contribution in [0.15, 0.2) is 66.7 Å². The van der Waals surface area contributed by atoms with E-state index >= 15 is 0 Å². The Morgan fingerprint density at radius 1 is 1.06 bits per heavy atom. The number of hydrogen-bond donors (Lipinski definition) is 3. The number of carbonyl (C=O) groups excluding carboxylic acids is 1. The van der Waals surface area contributed by atoms with E-state index in [-0.39, 0.29) is 24.2 Å². The Bertz CT molecular complexity index is 1400. The van der Waals surface area contributed by atoms with Crippen LogP contribution in [0.1, 0.15) is 40.3 Å². The molecule has 3 aromatic carbocycles. The van der Waals surface area contributed by atoms with Crippen LogP contribution >= 0.6 is 0 Å². The highest BCUT2D eigenvalue weighted by Crippen LogP contribution is 2.33. The smallest absolute Gasteiger partial charge is 0.273 e. The van der Waals surface area contributed by atoms with Crippen LogP contribution in [0.4, 0.5) is 5.95 Å². The molecule has 36 heavy (non-hydrogen) atoms. The Kier molecular flexibility index (Phi) is 6.65. The average molecular weight is 484 g/mol. The second-order valence-corrected chi connectivity index (χ2v) is 8.91. The lowest BCUT2D eigenvalue weighted by atomic mass is 9.96. The summed E-state index contributed by atoms with van der Waals surface area (Å²) in [5.41, 5.74) is 11.5. The summed E-state index contributed by atoms with van der Waals surface area (Å²) in [6.07, 6.45) is -0.888. The van der Waals surface area contributed by atoms with Crippen LogP contribution < -0.4 is 5.73 Å². The van der Waals surface area contributed by atoms with Crippen molar-refractivity contribution in [1.82, 2.24) is 19.8 Å². The monoisotopic (exact) mass is 483 g/mol. The van der Waals surface area contributed by atoms with E-state index in [1.807, 2.05) is 73.7 Å². The molecule has 4 N–H and O–H groups in total. The van der Waals surface area contributed by atoms with Gasteiger partial charge in [0.15, 0.2) is 0 Å². The number of aliphatic hydroxyl groups excluding tert-OH is 2. The van der Waals surface area contributed by atoms with E-state index in [4.69, 9.17) is 5.73 Å². The Morgan fingerprint density at radius 2 is 1.75 bits per heavy atom. The molecule has 0 radical (unpaired) electrons. The fourth-order valence-electron chi connectivity index (χ4n) is 4.87. The second-order valence-electron chi connectivity index (χ2n) is 8.91. The van der Waals surface area contributed by atoms with Crippen LogP contribution in [0.3, 0.4) is 0 Å². The molecule has 0 aliphatic carbocycles. The number of fused-ring (bicyclic) bond motifs is 2. The minimum absolute atomic E-state index is 0.0480. The zero-order chi connectivity index (χ0) is 25.2. The van der Waals surface area contributed by atoms with Crippen molar-refractivity contribution >= 4 is 22.8 Å². The predicted octanol–water partition coefficient (Wildman–Crippen LogP) is 3.34. The molecule has 5 rings (SSSR count). The van der Waals surface area contributed by atoms with Crippen molar-refractivity contribution in [3.05, 3.63) is 89.1 Å². The number of rotatable bonds is 7. The van der Waals surface area contributed by atoms with Crippen molar-refractivity contribution in [2.24, 2.45) is 0 Å². The molecular weight excluding hydrogens is 454 g/mol. The van der Waals surface area contributed by atoms with E-state index < -0.39 is 6.23 Å². The lowest BCUT2D eigenvalue weighted by Crippen LogP contribution is -2.31. The van der Waals surface area contributed by atoms with Gasteiger partial charge in [0.1, 0.15) is 11.9 Å².